The zero-order valence-electron chi connectivity index (χ0n) is 9.37. The van der Waals surface area contributed by atoms with Crippen molar-refractivity contribution in [1.82, 2.24) is 0 Å². The van der Waals surface area contributed by atoms with Gasteiger partial charge in [0, 0.05) is 5.02 Å². The minimum absolute atomic E-state index is 0.0229. The molecule has 1 rings (SSSR count). The van der Waals surface area contributed by atoms with Crippen LogP contribution >= 0.6 is 11.6 Å². The van der Waals surface area contributed by atoms with Crippen molar-refractivity contribution in [3.8, 4) is 6.07 Å². The van der Waals surface area contributed by atoms with Gasteiger partial charge in [-0.05, 0) is 24.1 Å². The smallest absolute Gasteiger partial charge is 0.101 e. The molecule has 1 unspecified atom stereocenters. The summed E-state index contributed by atoms with van der Waals surface area (Å²) in [6.07, 6.45) is 0. The summed E-state index contributed by atoms with van der Waals surface area (Å²) < 4.78 is 0. The van der Waals surface area contributed by atoms with Crippen molar-refractivity contribution in [2.75, 3.05) is 11.9 Å². The molecule has 1 aromatic rings. The second-order valence-corrected chi connectivity index (χ2v) is 4.42. The molecule has 0 spiro atoms. The first-order valence-electron chi connectivity index (χ1n) is 5.15. The van der Waals surface area contributed by atoms with E-state index in [0.717, 1.165) is 0 Å². The number of nitriles is 1. The molecule has 2 N–H and O–H groups in total. The number of hydrogen-bond donors (Lipinski definition) is 2. The van der Waals surface area contributed by atoms with Crippen molar-refractivity contribution >= 4 is 17.3 Å². The summed E-state index contributed by atoms with van der Waals surface area (Å²) in [6.45, 7) is 4.03. The topological polar surface area (TPSA) is 56.0 Å². The Labute approximate surface area is 101 Å². The first kappa shape index (κ1) is 12.8. The molecule has 0 aliphatic heterocycles. The van der Waals surface area contributed by atoms with Gasteiger partial charge in [0.1, 0.15) is 6.07 Å². The van der Waals surface area contributed by atoms with Gasteiger partial charge < -0.3 is 10.4 Å². The maximum Gasteiger partial charge on any atom is 0.101 e. The molecular formula is C12H15ClN2O. The third-order valence-electron chi connectivity index (χ3n) is 2.44. The van der Waals surface area contributed by atoms with Gasteiger partial charge in [-0.2, -0.15) is 5.26 Å². The van der Waals surface area contributed by atoms with Gasteiger partial charge in [-0.3, -0.25) is 0 Å². The van der Waals surface area contributed by atoms with Crippen LogP contribution in [0.5, 0.6) is 0 Å². The van der Waals surface area contributed by atoms with Crippen LogP contribution in [0.4, 0.5) is 5.69 Å². The molecule has 86 valence electrons. The molecule has 0 bridgehead atoms. The number of aliphatic hydroxyl groups is 1. The zero-order chi connectivity index (χ0) is 12.1. The van der Waals surface area contributed by atoms with Crippen LogP contribution in [0.2, 0.25) is 5.02 Å². The number of rotatable bonds is 4. The Kier molecular flexibility index (Phi) is 4.60. The molecule has 0 radical (unpaired) electrons. The van der Waals surface area contributed by atoms with E-state index in [1.54, 1.807) is 18.2 Å². The lowest BCUT2D eigenvalue weighted by Crippen LogP contribution is -2.29. The zero-order valence-corrected chi connectivity index (χ0v) is 10.1. The number of halogens is 1. The average Bonchev–Trinajstić information content (AvgIpc) is 2.25. The van der Waals surface area contributed by atoms with E-state index in [0.29, 0.717) is 16.3 Å². The van der Waals surface area contributed by atoms with Crippen molar-refractivity contribution in [3.63, 3.8) is 0 Å². The van der Waals surface area contributed by atoms with E-state index in [9.17, 15) is 5.11 Å². The van der Waals surface area contributed by atoms with Crippen LogP contribution in [0.25, 0.3) is 0 Å². The molecule has 0 saturated carbocycles. The Hall–Kier alpha value is -1.24. The summed E-state index contributed by atoms with van der Waals surface area (Å²) >= 11 is 5.87. The summed E-state index contributed by atoms with van der Waals surface area (Å²) in [4.78, 5) is 0. The molecule has 4 heteroatoms. The molecule has 3 nitrogen and oxygen atoms in total. The predicted octanol–water partition coefficient (Wildman–Crippen LogP) is 2.64. The molecule has 1 aromatic carbocycles. The number of nitrogens with one attached hydrogen (secondary N) is 1. The highest BCUT2D eigenvalue weighted by molar-refractivity contribution is 6.30. The Morgan fingerprint density at radius 2 is 2.19 bits per heavy atom. The van der Waals surface area contributed by atoms with E-state index in [4.69, 9.17) is 16.9 Å². The fourth-order valence-electron chi connectivity index (χ4n) is 1.36. The van der Waals surface area contributed by atoms with Crippen LogP contribution in [0, 0.1) is 17.2 Å². The first-order valence-corrected chi connectivity index (χ1v) is 5.53. The maximum atomic E-state index is 9.21. The Morgan fingerprint density at radius 3 is 2.69 bits per heavy atom. The minimum Gasteiger partial charge on any atom is -0.394 e. The molecule has 0 aliphatic rings. The summed E-state index contributed by atoms with van der Waals surface area (Å²) in [5.41, 5.74) is 1.20. The largest absolute Gasteiger partial charge is 0.394 e. The lowest BCUT2D eigenvalue weighted by molar-refractivity contribution is 0.249. The third-order valence-corrected chi connectivity index (χ3v) is 2.68. The van der Waals surface area contributed by atoms with E-state index in [1.165, 1.54) is 0 Å². The molecule has 0 amide bonds. The number of anilines is 1. The van der Waals surface area contributed by atoms with Crippen molar-refractivity contribution in [2.24, 2.45) is 5.92 Å². The van der Waals surface area contributed by atoms with Gasteiger partial charge in [-0.15, -0.1) is 0 Å². The van der Waals surface area contributed by atoms with Crippen LogP contribution in [-0.2, 0) is 0 Å². The fourth-order valence-corrected chi connectivity index (χ4v) is 1.53. The molecule has 0 fully saturated rings. The van der Waals surface area contributed by atoms with E-state index < -0.39 is 0 Å². The van der Waals surface area contributed by atoms with Gasteiger partial charge in [0.05, 0.1) is 23.9 Å². The summed E-state index contributed by atoms with van der Waals surface area (Å²) in [6, 6.07) is 7.05. The van der Waals surface area contributed by atoms with E-state index in [-0.39, 0.29) is 18.6 Å². The molecule has 16 heavy (non-hydrogen) atoms. The lowest BCUT2D eigenvalue weighted by Gasteiger charge is -2.21. The molecular weight excluding hydrogens is 224 g/mol. The predicted molar refractivity (Wildman–Crippen MR) is 65.5 cm³/mol. The normalized spacial score (nSPS) is 12.2. The number of benzene rings is 1. The Morgan fingerprint density at radius 1 is 1.50 bits per heavy atom. The molecule has 1 atom stereocenters. The Bertz CT molecular complexity index is 398. The van der Waals surface area contributed by atoms with Crippen LogP contribution < -0.4 is 5.32 Å². The van der Waals surface area contributed by atoms with E-state index >= 15 is 0 Å². The number of nitrogens with zero attached hydrogens (tertiary/aromatic N) is 1. The minimum atomic E-state index is -0.0782. The average molecular weight is 239 g/mol. The molecule has 0 aliphatic carbocycles. The van der Waals surface area contributed by atoms with E-state index in [2.05, 4.69) is 11.4 Å². The third kappa shape index (κ3) is 3.13. The quantitative estimate of drug-likeness (QED) is 0.848. The van der Waals surface area contributed by atoms with Gasteiger partial charge >= 0.3 is 0 Å². The second-order valence-electron chi connectivity index (χ2n) is 3.98. The van der Waals surface area contributed by atoms with Crippen molar-refractivity contribution < 1.29 is 5.11 Å². The lowest BCUT2D eigenvalue weighted by atomic mass is 10.0. The van der Waals surface area contributed by atoms with Crippen molar-refractivity contribution in [2.45, 2.75) is 19.9 Å². The maximum absolute atomic E-state index is 9.21. The van der Waals surface area contributed by atoms with Crippen LogP contribution in [0.15, 0.2) is 18.2 Å². The summed E-state index contributed by atoms with van der Waals surface area (Å²) in [5, 5.41) is 21.9. The van der Waals surface area contributed by atoms with Crippen LogP contribution in [-0.4, -0.2) is 17.8 Å². The van der Waals surface area contributed by atoms with Crippen LogP contribution in [0.3, 0.4) is 0 Å². The van der Waals surface area contributed by atoms with Crippen molar-refractivity contribution in [1.29, 1.82) is 5.26 Å². The SMILES string of the molecule is CC(C)C(CO)Nc1cc(Cl)ccc1C#N. The molecule has 0 aromatic heterocycles. The highest BCUT2D eigenvalue weighted by atomic mass is 35.5. The number of hydrogen-bond acceptors (Lipinski definition) is 3. The van der Waals surface area contributed by atoms with Gasteiger partial charge in [0.15, 0.2) is 0 Å². The fraction of sp³-hybridized carbons (Fsp3) is 0.417. The highest BCUT2D eigenvalue weighted by Crippen LogP contribution is 2.22. The van der Waals surface area contributed by atoms with Gasteiger partial charge in [0.25, 0.3) is 0 Å². The molecule has 0 heterocycles. The summed E-state index contributed by atoms with van der Waals surface area (Å²) in [7, 11) is 0. The van der Waals surface area contributed by atoms with Gasteiger partial charge in [-0.25, -0.2) is 0 Å². The standard InChI is InChI=1S/C12H15ClN2O/c1-8(2)12(7-16)15-11-5-10(13)4-3-9(11)6-14/h3-5,8,12,15-16H,7H2,1-2H3. The van der Waals surface area contributed by atoms with E-state index in [1.807, 2.05) is 13.8 Å². The summed E-state index contributed by atoms with van der Waals surface area (Å²) in [5.74, 6) is 0.274. The van der Waals surface area contributed by atoms with Crippen molar-refractivity contribution in [3.05, 3.63) is 28.8 Å². The van der Waals surface area contributed by atoms with Gasteiger partial charge in [-0.1, -0.05) is 25.4 Å². The highest BCUT2D eigenvalue weighted by Gasteiger charge is 2.13. The monoisotopic (exact) mass is 238 g/mol. The van der Waals surface area contributed by atoms with Crippen LogP contribution in [0.1, 0.15) is 19.4 Å². The van der Waals surface area contributed by atoms with Gasteiger partial charge in [0.2, 0.25) is 0 Å². The Balaban J connectivity index is 2.95. The first-order chi connectivity index (χ1) is 7.58. The second kappa shape index (κ2) is 5.74. The molecule has 0 saturated heterocycles. The number of aliphatic hydroxyl groups excluding tert-OH is 1.